The molecule has 154 valence electrons. The Hall–Kier alpha value is -2.62. The lowest BCUT2D eigenvalue weighted by Gasteiger charge is -2.32. The monoisotopic (exact) mass is 392 g/mol. The average Bonchev–Trinajstić information content (AvgIpc) is 2.68. The molecule has 1 aliphatic rings. The van der Waals surface area contributed by atoms with E-state index in [9.17, 15) is 10.2 Å². The number of phenols is 2. The van der Waals surface area contributed by atoms with Gasteiger partial charge in [-0.2, -0.15) is 0 Å². The highest BCUT2D eigenvalue weighted by molar-refractivity contribution is 5.74. The van der Waals surface area contributed by atoms with Gasteiger partial charge in [-0.05, 0) is 63.1 Å². The molecule has 1 aromatic heterocycles. The van der Waals surface area contributed by atoms with Crippen molar-refractivity contribution in [3.05, 3.63) is 59.5 Å². The predicted molar refractivity (Wildman–Crippen MR) is 118 cm³/mol. The molecule has 0 amide bonds. The first-order chi connectivity index (χ1) is 13.9. The zero-order valence-corrected chi connectivity index (χ0v) is 17.8. The first kappa shape index (κ1) is 21.1. The molecule has 0 aliphatic heterocycles. The number of rotatable bonds is 7. The van der Waals surface area contributed by atoms with E-state index in [1.165, 1.54) is 5.57 Å². The van der Waals surface area contributed by atoms with Crippen LogP contribution in [0.25, 0.3) is 11.4 Å². The molecule has 0 radical (unpaired) electrons. The van der Waals surface area contributed by atoms with Gasteiger partial charge in [-0.15, -0.1) is 0 Å². The van der Waals surface area contributed by atoms with Crippen LogP contribution >= 0.6 is 0 Å². The van der Waals surface area contributed by atoms with E-state index < -0.39 is 0 Å². The summed E-state index contributed by atoms with van der Waals surface area (Å²) in [5.41, 5.74) is 4.45. The Kier molecular flexibility index (Phi) is 6.73. The van der Waals surface area contributed by atoms with E-state index in [1.54, 1.807) is 18.5 Å². The molecule has 2 N–H and O–H groups in total. The molecule has 0 saturated carbocycles. The molecule has 3 rings (SSSR count). The Labute approximate surface area is 174 Å². The van der Waals surface area contributed by atoms with E-state index in [-0.39, 0.29) is 23.3 Å². The van der Waals surface area contributed by atoms with Crippen molar-refractivity contribution >= 4 is 0 Å². The van der Waals surface area contributed by atoms with Gasteiger partial charge < -0.3 is 10.2 Å². The van der Waals surface area contributed by atoms with Gasteiger partial charge in [-0.1, -0.05) is 43.6 Å². The molecule has 0 fully saturated rings. The van der Waals surface area contributed by atoms with Crippen molar-refractivity contribution in [3.63, 3.8) is 0 Å². The third kappa shape index (κ3) is 4.52. The zero-order chi connectivity index (χ0) is 21.0. The zero-order valence-electron chi connectivity index (χ0n) is 17.8. The van der Waals surface area contributed by atoms with Crippen molar-refractivity contribution in [1.82, 2.24) is 9.97 Å². The summed E-state index contributed by atoms with van der Waals surface area (Å²) >= 11 is 0. The predicted octanol–water partition coefficient (Wildman–Crippen LogP) is 6.30. The second-order valence-electron chi connectivity index (χ2n) is 8.25. The molecule has 2 unspecified atom stereocenters. The van der Waals surface area contributed by atoms with Gasteiger partial charge in [-0.25, -0.2) is 9.97 Å². The van der Waals surface area contributed by atoms with Gasteiger partial charge in [0, 0.05) is 23.9 Å². The number of unbranched alkanes of at least 4 members (excludes halogenated alkanes) is 2. The Morgan fingerprint density at radius 3 is 2.59 bits per heavy atom. The van der Waals surface area contributed by atoms with Crippen LogP contribution in [-0.4, -0.2) is 20.2 Å². The Morgan fingerprint density at radius 1 is 1.21 bits per heavy atom. The summed E-state index contributed by atoms with van der Waals surface area (Å²) in [6, 6.07) is 3.58. The third-order valence-corrected chi connectivity index (χ3v) is 5.95. The quantitative estimate of drug-likeness (QED) is 0.428. The molecule has 29 heavy (non-hydrogen) atoms. The van der Waals surface area contributed by atoms with Crippen LogP contribution in [0.3, 0.4) is 0 Å². The fourth-order valence-electron chi connectivity index (χ4n) is 4.40. The molecule has 0 bridgehead atoms. The lowest BCUT2D eigenvalue weighted by atomic mass is 9.73. The highest BCUT2D eigenvalue weighted by Crippen LogP contribution is 2.49. The van der Waals surface area contributed by atoms with Crippen LogP contribution in [-0.2, 0) is 6.42 Å². The number of aromatic nitrogens is 2. The van der Waals surface area contributed by atoms with E-state index in [0.29, 0.717) is 17.0 Å². The standard InChI is InChI=1S/C25H32N2O2/c1-5-6-7-9-18-15-21(28)23(20-14-17(4)10-11-19(20)16(2)3)24(29)22(18)25-26-12-8-13-27-25/h8,12-15,19-20,28-29H,2,5-7,9-11H2,1,3-4H3. The average molecular weight is 393 g/mol. The van der Waals surface area contributed by atoms with Gasteiger partial charge in [0.15, 0.2) is 5.82 Å². The van der Waals surface area contributed by atoms with Crippen molar-refractivity contribution in [3.8, 4) is 22.9 Å². The van der Waals surface area contributed by atoms with E-state index in [4.69, 9.17) is 0 Å². The Morgan fingerprint density at radius 2 is 1.93 bits per heavy atom. The molecule has 1 aliphatic carbocycles. The van der Waals surface area contributed by atoms with Crippen molar-refractivity contribution in [2.24, 2.45) is 5.92 Å². The maximum atomic E-state index is 11.4. The molecule has 2 atom stereocenters. The summed E-state index contributed by atoms with van der Waals surface area (Å²) in [6.07, 6.45) is 11.5. The largest absolute Gasteiger partial charge is 0.507 e. The molecule has 4 heteroatoms. The smallest absolute Gasteiger partial charge is 0.163 e. The summed E-state index contributed by atoms with van der Waals surface area (Å²) in [6.45, 7) is 10.5. The molecular weight excluding hydrogens is 360 g/mol. The number of benzene rings is 1. The fourth-order valence-corrected chi connectivity index (χ4v) is 4.40. The summed E-state index contributed by atoms with van der Waals surface area (Å²) in [5, 5.41) is 22.4. The summed E-state index contributed by atoms with van der Waals surface area (Å²) in [7, 11) is 0. The molecular formula is C25H32N2O2. The van der Waals surface area contributed by atoms with E-state index >= 15 is 0 Å². The third-order valence-electron chi connectivity index (χ3n) is 5.95. The van der Waals surface area contributed by atoms with Crippen LogP contribution in [0.15, 0.2) is 48.3 Å². The van der Waals surface area contributed by atoms with Crippen molar-refractivity contribution in [2.45, 2.75) is 65.2 Å². The maximum Gasteiger partial charge on any atom is 0.163 e. The van der Waals surface area contributed by atoms with Crippen LogP contribution < -0.4 is 0 Å². The van der Waals surface area contributed by atoms with Crippen LogP contribution in [0, 0.1) is 5.92 Å². The lowest BCUT2D eigenvalue weighted by Crippen LogP contribution is -2.17. The van der Waals surface area contributed by atoms with E-state index in [2.05, 4.69) is 36.5 Å². The SMILES string of the molecule is C=C(C)C1CCC(C)=CC1c1c(O)cc(CCCCC)c(-c2ncccn2)c1O. The van der Waals surface area contributed by atoms with Gasteiger partial charge in [0.25, 0.3) is 0 Å². The maximum absolute atomic E-state index is 11.4. The highest BCUT2D eigenvalue weighted by atomic mass is 16.3. The van der Waals surface area contributed by atoms with Crippen LogP contribution in [0.4, 0.5) is 0 Å². The number of hydrogen-bond acceptors (Lipinski definition) is 4. The molecule has 1 aromatic carbocycles. The normalized spacial score (nSPS) is 19.1. The molecule has 0 saturated heterocycles. The first-order valence-electron chi connectivity index (χ1n) is 10.6. The minimum absolute atomic E-state index is 0.102. The van der Waals surface area contributed by atoms with Crippen LogP contribution in [0.2, 0.25) is 0 Å². The van der Waals surface area contributed by atoms with E-state index in [1.807, 2.05) is 13.0 Å². The fraction of sp³-hybridized carbons (Fsp3) is 0.440. The molecule has 0 spiro atoms. The molecule has 1 heterocycles. The van der Waals surface area contributed by atoms with Crippen molar-refractivity contribution in [2.75, 3.05) is 0 Å². The molecule has 4 nitrogen and oxygen atoms in total. The summed E-state index contributed by atoms with van der Waals surface area (Å²) < 4.78 is 0. The minimum atomic E-state index is -0.103. The van der Waals surface area contributed by atoms with Gasteiger partial charge >= 0.3 is 0 Å². The number of phenolic OH excluding ortho intramolecular Hbond substituents is 2. The van der Waals surface area contributed by atoms with Crippen LogP contribution in [0.1, 0.15) is 69.9 Å². The highest BCUT2D eigenvalue weighted by Gasteiger charge is 2.32. The summed E-state index contributed by atoms with van der Waals surface area (Å²) in [5.74, 6) is 0.835. The number of hydrogen-bond donors (Lipinski definition) is 2. The van der Waals surface area contributed by atoms with Gasteiger partial charge in [0.05, 0.1) is 5.56 Å². The van der Waals surface area contributed by atoms with E-state index in [0.717, 1.165) is 49.7 Å². The summed E-state index contributed by atoms with van der Waals surface area (Å²) in [4.78, 5) is 8.80. The number of allylic oxidation sites excluding steroid dienone is 3. The van der Waals surface area contributed by atoms with Crippen molar-refractivity contribution < 1.29 is 10.2 Å². The van der Waals surface area contributed by atoms with Gasteiger partial charge in [-0.3, -0.25) is 0 Å². The second-order valence-corrected chi connectivity index (χ2v) is 8.25. The van der Waals surface area contributed by atoms with Crippen LogP contribution in [0.5, 0.6) is 11.5 Å². The van der Waals surface area contributed by atoms with Crippen molar-refractivity contribution in [1.29, 1.82) is 0 Å². The van der Waals surface area contributed by atoms with Gasteiger partial charge in [0.1, 0.15) is 11.5 Å². The number of nitrogens with zero attached hydrogens (tertiary/aromatic N) is 2. The lowest BCUT2D eigenvalue weighted by molar-refractivity contribution is 0.407. The Balaban J connectivity index is 2.18. The first-order valence-corrected chi connectivity index (χ1v) is 10.6. The molecule has 2 aromatic rings. The topological polar surface area (TPSA) is 66.2 Å². The van der Waals surface area contributed by atoms with Gasteiger partial charge in [0.2, 0.25) is 0 Å². The second kappa shape index (κ2) is 9.25. The number of aromatic hydroxyl groups is 2. The minimum Gasteiger partial charge on any atom is -0.507 e. The Bertz CT molecular complexity index is 903. The number of aryl methyl sites for hydroxylation is 1.